The number of hydrogen-bond donors (Lipinski definition) is 7. The molecule has 160 valence electrons. The van der Waals surface area contributed by atoms with Crippen molar-refractivity contribution in [1.82, 2.24) is 5.32 Å². The number of carbonyl (C=O) groups is 2. The molecule has 11 nitrogen and oxygen atoms in total. The molecular weight excluding hydrogens is 366 g/mol. The molecule has 27 heavy (non-hydrogen) atoms. The van der Waals surface area contributed by atoms with E-state index >= 15 is 0 Å². The average molecular weight is 397 g/mol. The van der Waals surface area contributed by atoms with Crippen molar-refractivity contribution < 1.29 is 49.7 Å². The van der Waals surface area contributed by atoms with E-state index in [1.807, 2.05) is 0 Å². The Morgan fingerprint density at radius 3 is 1.81 bits per heavy atom. The Balaban J connectivity index is 4.79. The van der Waals surface area contributed by atoms with E-state index in [1.54, 1.807) is 6.92 Å². The van der Waals surface area contributed by atoms with Gasteiger partial charge in [-0.05, 0) is 6.42 Å². The van der Waals surface area contributed by atoms with Crippen molar-refractivity contribution in [1.29, 1.82) is 0 Å². The quantitative estimate of drug-likeness (QED) is 0.132. The first-order valence-electron chi connectivity index (χ1n) is 8.66. The van der Waals surface area contributed by atoms with Gasteiger partial charge < -0.3 is 45.4 Å². The number of aliphatic carboxylic acids is 2. The van der Waals surface area contributed by atoms with Gasteiger partial charge in [0, 0.05) is 6.54 Å². The molecule has 0 saturated carbocycles. The Bertz CT molecular complexity index is 411. The second kappa shape index (κ2) is 13.8. The topological polar surface area (TPSA) is 186 Å². The zero-order valence-electron chi connectivity index (χ0n) is 15.4. The van der Waals surface area contributed by atoms with Gasteiger partial charge in [0.05, 0.1) is 57.5 Å². The lowest BCUT2D eigenvalue weighted by Gasteiger charge is -2.35. The van der Waals surface area contributed by atoms with Crippen LogP contribution in [-0.4, -0.2) is 106 Å². The van der Waals surface area contributed by atoms with E-state index in [1.165, 1.54) is 0 Å². The van der Waals surface area contributed by atoms with Gasteiger partial charge in [-0.3, -0.25) is 9.59 Å². The number of nitrogens with one attached hydrogen (secondary N) is 1. The van der Waals surface area contributed by atoms with Gasteiger partial charge in [0.1, 0.15) is 12.2 Å². The van der Waals surface area contributed by atoms with Crippen LogP contribution in [-0.2, 0) is 19.1 Å². The van der Waals surface area contributed by atoms with Crippen LogP contribution in [0, 0.1) is 0 Å². The molecule has 3 unspecified atom stereocenters. The van der Waals surface area contributed by atoms with Crippen LogP contribution in [0.5, 0.6) is 0 Å². The molecule has 0 rings (SSSR count). The lowest BCUT2D eigenvalue weighted by atomic mass is 9.97. The molecule has 0 aromatic heterocycles. The lowest BCUT2D eigenvalue weighted by molar-refractivity contribution is -0.139. The maximum Gasteiger partial charge on any atom is 0.305 e. The first-order chi connectivity index (χ1) is 12.7. The van der Waals surface area contributed by atoms with E-state index in [0.29, 0.717) is 6.42 Å². The molecule has 0 bridgehead atoms. The summed E-state index contributed by atoms with van der Waals surface area (Å²) in [5.74, 6) is -2.03. The lowest BCUT2D eigenvalue weighted by Crippen LogP contribution is -2.57. The van der Waals surface area contributed by atoms with Crippen molar-refractivity contribution in [3.8, 4) is 0 Å². The van der Waals surface area contributed by atoms with E-state index in [9.17, 15) is 24.9 Å². The highest BCUT2D eigenvalue weighted by Gasteiger charge is 2.32. The van der Waals surface area contributed by atoms with Gasteiger partial charge in [-0.1, -0.05) is 6.92 Å². The van der Waals surface area contributed by atoms with Crippen LogP contribution in [0.4, 0.5) is 0 Å². The molecule has 7 N–H and O–H groups in total. The fourth-order valence-corrected chi connectivity index (χ4v) is 2.13. The van der Waals surface area contributed by atoms with E-state index in [2.05, 4.69) is 5.32 Å². The van der Waals surface area contributed by atoms with Crippen molar-refractivity contribution >= 4 is 11.9 Å². The van der Waals surface area contributed by atoms with Gasteiger partial charge in [-0.25, -0.2) is 0 Å². The van der Waals surface area contributed by atoms with Crippen LogP contribution in [0.1, 0.15) is 26.2 Å². The first kappa shape index (κ1) is 25.7. The van der Waals surface area contributed by atoms with Crippen molar-refractivity contribution in [3.63, 3.8) is 0 Å². The normalized spacial score (nSPS) is 15.3. The molecule has 0 aromatic rings. The zero-order chi connectivity index (χ0) is 20.9. The van der Waals surface area contributed by atoms with Crippen LogP contribution in [0.25, 0.3) is 0 Å². The number of carboxylic acid groups (broad SMARTS) is 2. The van der Waals surface area contributed by atoms with Crippen LogP contribution >= 0.6 is 0 Å². The standard InChI is InChI=1S/C16H31NO10/c1-2-16(9-26-5-3-13(21)22,10-27-6-4-14(23)24)17-7-11(19)15(25)12(20)8-18/h11-12,15,17-20,25H,2-10H2,1H3,(H,21,22)(H,23,24). The van der Waals surface area contributed by atoms with Gasteiger partial charge in [-0.15, -0.1) is 0 Å². The molecule has 0 heterocycles. The summed E-state index contributed by atoms with van der Waals surface area (Å²) in [4.78, 5) is 21.1. The third-order valence-electron chi connectivity index (χ3n) is 4.02. The number of β-amino-alcohol motifs (C(OH)–C–C–N with tert-alkyl or cyclic N) is 1. The smallest absolute Gasteiger partial charge is 0.305 e. The van der Waals surface area contributed by atoms with Gasteiger partial charge in [0.2, 0.25) is 0 Å². The molecule has 0 aliphatic heterocycles. The minimum atomic E-state index is -1.57. The van der Waals surface area contributed by atoms with Crippen molar-refractivity contribution in [3.05, 3.63) is 0 Å². The third-order valence-corrected chi connectivity index (χ3v) is 4.02. The van der Waals surface area contributed by atoms with Gasteiger partial charge in [0.25, 0.3) is 0 Å². The van der Waals surface area contributed by atoms with Gasteiger partial charge in [0.15, 0.2) is 0 Å². The van der Waals surface area contributed by atoms with E-state index in [-0.39, 0.29) is 45.8 Å². The Kier molecular flexibility index (Phi) is 13.1. The highest BCUT2D eigenvalue weighted by molar-refractivity contribution is 5.67. The van der Waals surface area contributed by atoms with Crippen LogP contribution in [0.3, 0.4) is 0 Å². The maximum absolute atomic E-state index is 10.6. The Morgan fingerprint density at radius 2 is 1.44 bits per heavy atom. The molecule has 0 aliphatic carbocycles. The average Bonchev–Trinajstić information content (AvgIpc) is 2.64. The molecule has 0 spiro atoms. The van der Waals surface area contributed by atoms with Gasteiger partial charge >= 0.3 is 11.9 Å². The molecule has 0 fully saturated rings. The summed E-state index contributed by atoms with van der Waals surface area (Å²) in [7, 11) is 0. The second-order valence-electron chi connectivity index (χ2n) is 6.22. The third kappa shape index (κ3) is 11.2. The summed E-state index contributed by atoms with van der Waals surface area (Å²) in [6, 6.07) is 0. The summed E-state index contributed by atoms with van der Waals surface area (Å²) in [6.45, 7) is 0.874. The fourth-order valence-electron chi connectivity index (χ4n) is 2.13. The Labute approximate surface area is 157 Å². The summed E-state index contributed by atoms with van der Waals surface area (Å²) in [5, 5.41) is 58.2. The number of ether oxygens (including phenoxy) is 2. The predicted octanol–water partition coefficient (Wildman–Crippen LogP) is -2.22. The zero-order valence-corrected chi connectivity index (χ0v) is 15.4. The molecule has 0 radical (unpaired) electrons. The van der Waals surface area contributed by atoms with Crippen LogP contribution in [0.2, 0.25) is 0 Å². The highest BCUT2D eigenvalue weighted by Crippen LogP contribution is 2.14. The molecule has 0 amide bonds. The first-order valence-corrected chi connectivity index (χ1v) is 8.66. The molecule has 11 heteroatoms. The Morgan fingerprint density at radius 1 is 0.963 bits per heavy atom. The number of carboxylic acids is 2. The molecule has 0 aliphatic rings. The van der Waals surface area contributed by atoms with Crippen LogP contribution in [0.15, 0.2) is 0 Å². The summed E-state index contributed by atoms with van der Waals surface area (Å²) >= 11 is 0. The van der Waals surface area contributed by atoms with Crippen LogP contribution < -0.4 is 5.32 Å². The Hall–Kier alpha value is -1.34. The number of rotatable bonds is 17. The molecule has 3 atom stereocenters. The maximum atomic E-state index is 10.6. The van der Waals surface area contributed by atoms with Gasteiger partial charge in [-0.2, -0.15) is 0 Å². The monoisotopic (exact) mass is 397 g/mol. The fraction of sp³-hybridized carbons (Fsp3) is 0.875. The van der Waals surface area contributed by atoms with Crippen molar-refractivity contribution in [2.45, 2.75) is 50.0 Å². The summed E-state index contributed by atoms with van der Waals surface area (Å²) in [5.41, 5.74) is -0.873. The SMILES string of the molecule is CCC(COCCC(=O)O)(COCCC(=O)O)NCC(O)C(O)C(O)CO. The summed E-state index contributed by atoms with van der Waals surface area (Å²) < 4.78 is 10.7. The number of aliphatic hydroxyl groups is 4. The highest BCUT2D eigenvalue weighted by atomic mass is 16.5. The predicted molar refractivity (Wildman–Crippen MR) is 92.3 cm³/mol. The minimum Gasteiger partial charge on any atom is -0.481 e. The number of hydrogen-bond acceptors (Lipinski definition) is 9. The second-order valence-corrected chi connectivity index (χ2v) is 6.22. The van der Waals surface area contributed by atoms with E-state index in [4.69, 9.17) is 24.8 Å². The molecular formula is C16H31NO10. The minimum absolute atomic E-state index is 0.0230. The largest absolute Gasteiger partial charge is 0.481 e. The van der Waals surface area contributed by atoms with E-state index < -0.39 is 42.4 Å². The molecule has 0 aromatic carbocycles. The summed E-state index contributed by atoms with van der Waals surface area (Å²) in [6.07, 6.45) is -4.42. The van der Waals surface area contributed by atoms with Crippen molar-refractivity contribution in [2.75, 3.05) is 39.6 Å². The number of aliphatic hydroxyl groups excluding tert-OH is 4. The molecule has 0 saturated heterocycles. The van der Waals surface area contributed by atoms with E-state index in [0.717, 1.165) is 0 Å². The van der Waals surface area contributed by atoms with Crippen molar-refractivity contribution in [2.24, 2.45) is 0 Å².